The lowest BCUT2D eigenvalue weighted by atomic mass is 9.73. The van der Waals surface area contributed by atoms with Crippen molar-refractivity contribution >= 4 is 11.8 Å². The maximum atomic E-state index is 12.5. The molecule has 0 N–H and O–H groups in total. The third-order valence-electron chi connectivity index (χ3n) is 4.19. The number of carbonyl (C=O) groups excluding carboxylic acids is 1. The summed E-state index contributed by atoms with van der Waals surface area (Å²) in [6.07, 6.45) is -5.07. The zero-order chi connectivity index (χ0) is 18.5. The number of hydrogen-bond donors (Lipinski definition) is 0. The summed E-state index contributed by atoms with van der Waals surface area (Å²) in [6.45, 7) is 7.71. The Labute approximate surface area is 144 Å². The van der Waals surface area contributed by atoms with Gasteiger partial charge in [0.1, 0.15) is 5.60 Å². The van der Waals surface area contributed by atoms with E-state index in [2.05, 4.69) is 4.74 Å². The predicted molar refractivity (Wildman–Crippen MR) is 85.6 cm³/mol. The van der Waals surface area contributed by atoms with Gasteiger partial charge in [0, 0.05) is 31.6 Å². The van der Waals surface area contributed by atoms with Crippen LogP contribution in [0.5, 0.6) is 5.75 Å². The monoisotopic (exact) mass is 358 g/mol. The number of benzene rings is 1. The summed E-state index contributed by atoms with van der Waals surface area (Å²) in [4.78, 5) is 15.4. The van der Waals surface area contributed by atoms with Crippen LogP contribution in [0.15, 0.2) is 24.3 Å². The number of alkyl halides is 3. The molecule has 1 aromatic rings. The van der Waals surface area contributed by atoms with Crippen LogP contribution < -0.4 is 9.64 Å². The van der Waals surface area contributed by atoms with Crippen molar-refractivity contribution in [2.45, 2.75) is 32.7 Å². The lowest BCUT2D eigenvalue weighted by Crippen LogP contribution is -2.73. The molecule has 138 valence electrons. The number of halogens is 3. The quantitative estimate of drug-likeness (QED) is 0.809. The van der Waals surface area contributed by atoms with E-state index in [9.17, 15) is 18.0 Å². The van der Waals surface area contributed by atoms with Gasteiger partial charge in [-0.1, -0.05) is 12.1 Å². The summed E-state index contributed by atoms with van der Waals surface area (Å²) < 4.78 is 47.0. The molecule has 0 saturated carbocycles. The molecule has 0 radical (unpaired) electrons. The summed E-state index contributed by atoms with van der Waals surface area (Å²) in [6, 6.07) is 6.10. The molecule has 0 atom stereocenters. The summed E-state index contributed by atoms with van der Waals surface area (Å²) in [7, 11) is 0. The van der Waals surface area contributed by atoms with Crippen LogP contribution >= 0.6 is 0 Å². The summed E-state index contributed by atoms with van der Waals surface area (Å²) >= 11 is 0. The van der Waals surface area contributed by atoms with Crippen molar-refractivity contribution in [1.29, 1.82) is 0 Å². The second-order valence-corrected chi connectivity index (χ2v) is 7.71. The maximum absolute atomic E-state index is 12.5. The van der Waals surface area contributed by atoms with Gasteiger partial charge in [0.25, 0.3) is 0 Å². The van der Waals surface area contributed by atoms with Gasteiger partial charge in [0.15, 0.2) is 5.75 Å². The Morgan fingerprint density at radius 3 is 2.24 bits per heavy atom. The highest BCUT2D eigenvalue weighted by atomic mass is 19.4. The third-order valence-corrected chi connectivity index (χ3v) is 4.19. The van der Waals surface area contributed by atoms with E-state index >= 15 is 0 Å². The number of carbonyl (C=O) groups is 1. The number of likely N-dealkylation sites (tertiary alicyclic amines) is 1. The summed E-state index contributed by atoms with van der Waals surface area (Å²) in [5.41, 5.74) is -0.192. The van der Waals surface area contributed by atoms with E-state index in [1.165, 1.54) is 12.1 Å². The van der Waals surface area contributed by atoms with Gasteiger partial charge in [-0.05, 0) is 32.9 Å². The van der Waals surface area contributed by atoms with Crippen molar-refractivity contribution < 1.29 is 27.4 Å². The van der Waals surface area contributed by atoms with Crippen LogP contribution in [0.3, 0.4) is 0 Å². The minimum absolute atomic E-state index is 0.0672. The van der Waals surface area contributed by atoms with Gasteiger partial charge < -0.3 is 19.3 Å². The zero-order valence-corrected chi connectivity index (χ0v) is 14.4. The fourth-order valence-corrected chi connectivity index (χ4v) is 3.28. The lowest BCUT2D eigenvalue weighted by Gasteiger charge is -2.60. The summed E-state index contributed by atoms with van der Waals surface area (Å²) in [5, 5.41) is 0. The number of rotatable bonds is 2. The molecule has 2 saturated heterocycles. The highest BCUT2D eigenvalue weighted by Crippen LogP contribution is 2.45. The molecule has 0 aliphatic carbocycles. The largest absolute Gasteiger partial charge is 0.573 e. The highest BCUT2D eigenvalue weighted by Gasteiger charge is 2.54. The molecule has 1 spiro atoms. The van der Waals surface area contributed by atoms with E-state index in [-0.39, 0.29) is 17.3 Å². The number of nitrogens with zero attached hydrogens (tertiary/aromatic N) is 2. The zero-order valence-electron chi connectivity index (χ0n) is 14.4. The van der Waals surface area contributed by atoms with E-state index in [0.29, 0.717) is 31.9 Å². The predicted octanol–water partition coefficient (Wildman–Crippen LogP) is 3.64. The molecule has 8 heteroatoms. The Morgan fingerprint density at radius 2 is 1.68 bits per heavy atom. The van der Waals surface area contributed by atoms with Crippen LogP contribution in [0.2, 0.25) is 0 Å². The Kier molecular flexibility index (Phi) is 4.04. The van der Waals surface area contributed by atoms with Gasteiger partial charge in [-0.3, -0.25) is 0 Å². The molecule has 1 aromatic carbocycles. The van der Waals surface area contributed by atoms with Crippen LogP contribution in [0.1, 0.15) is 20.8 Å². The van der Waals surface area contributed by atoms with Gasteiger partial charge in [-0.15, -0.1) is 13.2 Å². The fourth-order valence-electron chi connectivity index (χ4n) is 3.28. The Bertz CT molecular complexity index is 656. The molecule has 0 aromatic heterocycles. The lowest BCUT2D eigenvalue weighted by molar-refractivity contribution is -0.274. The number of amides is 1. The van der Waals surface area contributed by atoms with Crippen molar-refractivity contribution in [3.05, 3.63) is 24.3 Å². The second-order valence-electron chi connectivity index (χ2n) is 7.71. The fraction of sp³-hybridized carbons (Fsp3) is 0.588. The van der Waals surface area contributed by atoms with Crippen molar-refractivity contribution in [2.24, 2.45) is 5.41 Å². The van der Waals surface area contributed by atoms with Crippen molar-refractivity contribution in [3.8, 4) is 5.75 Å². The van der Waals surface area contributed by atoms with Gasteiger partial charge in [0.2, 0.25) is 0 Å². The minimum Gasteiger partial charge on any atom is -0.444 e. The van der Waals surface area contributed by atoms with Gasteiger partial charge in [-0.2, -0.15) is 0 Å². The third kappa shape index (κ3) is 3.93. The minimum atomic E-state index is -4.72. The molecule has 0 unspecified atom stereocenters. The first-order chi connectivity index (χ1) is 11.5. The molecule has 25 heavy (non-hydrogen) atoms. The van der Waals surface area contributed by atoms with E-state index < -0.39 is 12.0 Å². The Balaban J connectivity index is 1.57. The molecule has 1 amide bonds. The summed E-state index contributed by atoms with van der Waals surface area (Å²) in [5.74, 6) is -0.201. The van der Waals surface area contributed by atoms with E-state index in [0.717, 1.165) is 0 Å². The first kappa shape index (κ1) is 17.7. The van der Waals surface area contributed by atoms with Crippen LogP contribution in [0, 0.1) is 5.41 Å². The van der Waals surface area contributed by atoms with Gasteiger partial charge >= 0.3 is 12.5 Å². The number of para-hydroxylation sites is 2. The Hall–Kier alpha value is -2.12. The molecule has 3 rings (SSSR count). The Morgan fingerprint density at radius 1 is 1.08 bits per heavy atom. The van der Waals surface area contributed by atoms with Crippen LogP contribution in [0.4, 0.5) is 23.7 Å². The van der Waals surface area contributed by atoms with Crippen LogP contribution in [-0.2, 0) is 4.74 Å². The molecule has 2 heterocycles. The molecular formula is C17H21F3N2O3. The molecule has 2 aliphatic rings. The van der Waals surface area contributed by atoms with Crippen LogP contribution in [0.25, 0.3) is 0 Å². The molecule has 0 bridgehead atoms. The molecule has 5 nitrogen and oxygen atoms in total. The average Bonchev–Trinajstić information content (AvgIpc) is 2.33. The SMILES string of the molecule is CC(C)(C)OC(=O)N1CC2(C1)CN(c1ccccc1OC(F)(F)F)C2. The van der Waals surface area contributed by atoms with Crippen molar-refractivity contribution in [2.75, 3.05) is 31.1 Å². The number of ether oxygens (including phenoxy) is 2. The number of hydrogen-bond acceptors (Lipinski definition) is 4. The van der Waals surface area contributed by atoms with Crippen molar-refractivity contribution in [1.82, 2.24) is 4.90 Å². The standard InChI is InChI=1S/C17H21F3N2O3/c1-15(2,3)25-14(23)22-10-16(11-22)8-21(9-16)12-6-4-5-7-13(12)24-17(18,19)20/h4-7H,8-11H2,1-3H3. The van der Waals surface area contributed by atoms with Gasteiger partial charge in [0.05, 0.1) is 5.69 Å². The second kappa shape index (κ2) is 5.71. The van der Waals surface area contributed by atoms with Crippen LogP contribution in [-0.4, -0.2) is 49.1 Å². The topological polar surface area (TPSA) is 42.0 Å². The van der Waals surface area contributed by atoms with E-state index in [1.807, 2.05) is 25.7 Å². The first-order valence-corrected chi connectivity index (χ1v) is 8.04. The average molecular weight is 358 g/mol. The van der Waals surface area contributed by atoms with Gasteiger partial charge in [-0.25, -0.2) is 4.79 Å². The van der Waals surface area contributed by atoms with E-state index in [1.54, 1.807) is 17.0 Å². The highest BCUT2D eigenvalue weighted by molar-refractivity contribution is 5.70. The first-order valence-electron chi connectivity index (χ1n) is 8.04. The smallest absolute Gasteiger partial charge is 0.444 e. The maximum Gasteiger partial charge on any atom is 0.573 e. The molecule has 2 fully saturated rings. The number of anilines is 1. The molecule has 2 aliphatic heterocycles. The van der Waals surface area contributed by atoms with Crippen molar-refractivity contribution in [3.63, 3.8) is 0 Å². The molecular weight excluding hydrogens is 337 g/mol. The van der Waals surface area contributed by atoms with E-state index in [4.69, 9.17) is 4.74 Å². The normalized spacial score (nSPS) is 19.3.